The molecule has 3 heteroatoms. The van der Waals surface area contributed by atoms with Crippen molar-refractivity contribution in [2.75, 3.05) is 5.32 Å². The average Bonchev–Trinajstić information content (AvgIpc) is 2.62. The summed E-state index contributed by atoms with van der Waals surface area (Å²) in [4.78, 5) is 12.1. The Labute approximate surface area is 175 Å². The lowest BCUT2D eigenvalue weighted by Crippen LogP contribution is -2.12. The Hall–Kier alpha value is -0.580. The van der Waals surface area contributed by atoms with Gasteiger partial charge in [-0.15, -0.1) is 0 Å². The molecule has 2 nitrogen and oxygen atoms in total. The molecule has 0 fully saturated rings. The van der Waals surface area contributed by atoms with Crippen LogP contribution in [0.1, 0.15) is 102 Å². The summed E-state index contributed by atoms with van der Waals surface area (Å²) in [6, 6.07) is 6.16. The molecule has 0 aliphatic rings. The minimum Gasteiger partial charge on any atom is -0.326 e. The Bertz CT molecular complexity index is 501. The first kappa shape index (κ1) is 23.5. The van der Waals surface area contributed by atoms with Gasteiger partial charge in [-0.2, -0.15) is 0 Å². The number of carbonyl (C=O) groups is 1. The lowest BCUT2D eigenvalue weighted by molar-refractivity contribution is -0.116. The van der Waals surface area contributed by atoms with E-state index in [0.29, 0.717) is 6.42 Å². The van der Waals surface area contributed by atoms with Gasteiger partial charge in [-0.25, -0.2) is 0 Å². The molecule has 0 atom stereocenters. The van der Waals surface area contributed by atoms with Crippen molar-refractivity contribution in [1.82, 2.24) is 0 Å². The topological polar surface area (TPSA) is 29.1 Å². The maximum Gasteiger partial charge on any atom is 0.224 e. The van der Waals surface area contributed by atoms with E-state index in [2.05, 4.69) is 47.0 Å². The number of benzene rings is 1. The van der Waals surface area contributed by atoms with Crippen LogP contribution >= 0.6 is 22.6 Å². The third-order valence-corrected chi connectivity index (χ3v) is 5.65. The maximum absolute atomic E-state index is 12.1. The molecular formula is C23H38INO. The molecule has 0 radical (unpaired) electrons. The standard InChI is InChI=1S/C23H38INO/c1-3-4-5-6-7-8-9-10-11-12-13-14-15-16-23(26)25-22-19-21(24)18-17-20(22)2/h17-19H,3-16H2,1-2H3,(H,25,26). The van der Waals surface area contributed by atoms with Crippen molar-refractivity contribution in [3.8, 4) is 0 Å². The van der Waals surface area contributed by atoms with Gasteiger partial charge in [0.1, 0.15) is 0 Å². The molecule has 1 aromatic rings. The fraction of sp³-hybridized carbons (Fsp3) is 0.696. The van der Waals surface area contributed by atoms with E-state index in [-0.39, 0.29) is 5.91 Å². The molecule has 1 N–H and O–H groups in total. The Kier molecular flexibility index (Phi) is 14.0. The van der Waals surface area contributed by atoms with Gasteiger partial charge in [0, 0.05) is 15.7 Å². The molecule has 26 heavy (non-hydrogen) atoms. The fourth-order valence-corrected chi connectivity index (χ4v) is 3.74. The predicted octanol–water partition coefficient (Wildman–Crippen LogP) is 8.02. The van der Waals surface area contributed by atoms with Gasteiger partial charge in [0.05, 0.1) is 0 Å². The molecule has 1 amide bonds. The van der Waals surface area contributed by atoms with Gasteiger partial charge in [0.2, 0.25) is 5.91 Å². The Morgan fingerprint density at radius 3 is 1.88 bits per heavy atom. The van der Waals surface area contributed by atoms with E-state index in [9.17, 15) is 4.79 Å². The molecule has 0 saturated carbocycles. The molecule has 148 valence electrons. The van der Waals surface area contributed by atoms with E-state index >= 15 is 0 Å². The van der Waals surface area contributed by atoms with Crippen LogP contribution in [-0.4, -0.2) is 5.91 Å². The van der Waals surface area contributed by atoms with Crippen LogP contribution in [0.4, 0.5) is 5.69 Å². The van der Waals surface area contributed by atoms with Crippen LogP contribution in [0.3, 0.4) is 0 Å². The van der Waals surface area contributed by atoms with Crippen LogP contribution < -0.4 is 5.32 Å². The molecule has 1 rings (SSSR count). The second kappa shape index (κ2) is 15.5. The predicted molar refractivity (Wildman–Crippen MR) is 123 cm³/mol. The summed E-state index contributed by atoms with van der Waals surface area (Å²) in [5.41, 5.74) is 2.08. The number of hydrogen-bond donors (Lipinski definition) is 1. The lowest BCUT2D eigenvalue weighted by Gasteiger charge is -2.09. The van der Waals surface area contributed by atoms with Crippen LogP contribution in [-0.2, 0) is 4.79 Å². The Balaban J connectivity index is 1.92. The quantitative estimate of drug-likeness (QED) is 0.204. The summed E-state index contributed by atoms with van der Waals surface area (Å²) in [6.45, 7) is 4.31. The van der Waals surface area contributed by atoms with Gasteiger partial charge in [0.15, 0.2) is 0 Å². The highest BCUT2D eigenvalue weighted by Crippen LogP contribution is 2.19. The Morgan fingerprint density at radius 1 is 0.846 bits per heavy atom. The van der Waals surface area contributed by atoms with E-state index in [4.69, 9.17) is 0 Å². The van der Waals surface area contributed by atoms with E-state index in [1.54, 1.807) is 0 Å². The van der Waals surface area contributed by atoms with Crippen molar-refractivity contribution in [1.29, 1.82) is 0 Å². The molecule has 0 aliphatic heterocycles. The highest BCUT2D eigenvalue weighted by Gasteiger charge is 2.05. The van der Waals surface area contributed by atoms with Crippen molar-refractivity contribution >= 4 is 34.2 Å². The Morgan fingerprint density at radius 2 is 1.35 bits per heavy atom. The molecular weight excluding hydrogens is 433 g/mol. The van der Waals surface area contributed by atoms with E-state index in [0.717, 1.165) is 21.2 Å². The van der Waals surface area contributed by atoms with Crippen LogP contribution in [0.15, 0.2) is 18.2 Å². The molecule has 0 aliphatic carbocycles. The monoisotopic (exact) mass is 471 g/mol. The van der Waals surface area contributed by atoms with Gasteiger partial charge in [-0.1, -0.05) is 90.0 Å². The van der Waals surface area contributed by atoms with Crippen molar-refractivity contribution in [2.45, 2.75) is 104 Å². The lowest BCUT2D eigenvalue weighted by atomic mass is 10.0. The molecule has 0 saturated heterocycles. The molecule has 0 spiro atoms. The summed E-state index contributed by atoms with van der Waals surface area (Å²) in [5, 5.41) is 3.05. The van der Waals surface area contributed by atoms with Crippen LogP contribution in [0, 0.1) is 10.5 Å². The van der Waals surface area contributed by atoms with Crippen LogP contribution in [0.25, 0.3) is 0 Å². The zero-order chi connectivity index (χ0) is 19.0. The minimum absolute atomic E-state index is 0.151. The van der Waals surface area contributed by atoms with Crippen LogP contribution in [0.5, 0.6) is 0 Å². The number of hydrogen-bond acceptors (Lipinski definition) is 1. The van der Waals surface area contributed by atoms with Gasteiger partial charge in [-0.05, 0) is 53.6 Å². The van der Waals surface area contributed by atoms with Gasteiger partial charge >= 0.3 is 0 Å². The first-order chi connectivity index (χ1) is 12.6. The number of aryl methyl sites for hydroxylation is 1. The van der Waals surface area contributed by atoms with Gasteiger partial charge in [-0.3, -0.25) is 4.79 Å². The fourth-order valence-electron chi connectivity index (χ4n) is 3.24. The number of halogens is 1. The maximum atomic E-state index is 12.1. The molecule has 0 heterocycles. The SMILES string of the molecule is CCCCCCCCCCCCCCCC(=O)Nc1cc(I)ccc1C. The van der Waals surface area contributed by atoms with Crippen molar-refractivity contribution in [3.63, 3.8) is 0 Å². The first-order valence-electron chi connectivity index (χ1n) is 10.7. The van der Waals surface area contributed by atoms with Crippen LogP contribution in [0.2, 0.25) is 0 Å². The minimum atomic E-state index is 0.151. The number of anilines is 1. The van der Waals surface area contributed by atoms with Gasteiger partial charge < -0.3 is 5.32 Å². The second-order valence-electron chi connectivity index (χ2n) is 7.50. The number of carbonyl (C=O) groups excluding carboxylic acids is 1. The van der Waals surface area contributed by atoms with Crippen molar-refractivity contribution in [2.24, 2.45) is 0 Å². The summed E-state index contributed by atoms with van der Waals surface area (Å²) < 4.78 is 1.16. The number of amides is 1. The highest BCUT2D eigenvalue weighted by molar-refractivity contribution is 14.1. The average molecular weight is 471 g/mol. The third-order valence-electron chi connectivity index (χ3n) is 4.98. The summed E-state index contributed by atoms with van der Waals surface area (Å²) >= 11 is 2.28. The van der Waals surface area contributed by atoms with Crippen molar-refractivity contribution < 1.29 is 4.79 Å². The summed E-state index contributed by atoms with van der Waals surface area (Å²) in [7, 11) is 0. The third kappa shape index (κ3) is 11.9. The molecule has 0 unspecified atom stereocenters. The van der Waals surface area contributed by atoms with Crippen molar-refractivity contribution in [3.05, 3.63) is 27.3 Å². The second-order valence-corrected chi connectivity index (χ2v) is 8.75. The number of rotatable bonds is 15. The van der Waals surface area contributed by atoms with E-state index in [1.807, 2.05) is 13.0 Å². The summed E-state index contributed by atoms with van der Waals surface area (Å²) in [5.74, 6) is 0.151. The molecule has 0 bridgehead atoms. The summed E-state index contributed by atoms with van der Waals surface area (Å²) in [6.07, 6.45) is 18.0. The first-order valence-corrected chi connectivity index (χ1v) is 11.8. The number of unbranched alkanes of at least 4 members (excludes halogenated alkanes) is 12. The molecule has 0 aromatic heterocycles. The largest absolute Gasteiger partial charge is 0.326 e. The van der Waals surface area contributed by atoms with E-state index in [1.165, 1.54) is 77.0 Å². The smallest absolute Gasteiger partial charge is 0.224 e. The number of nitrogens with one attached hydrogen (secondary N) is 1. The normalized spacial score (nSPS) is 10.9. The highest BCUT2D eigenvalue weighted by atomic mass is 127. The molecule has 1 aromatic carbocycles. The zero-order valence-electron chi connectivity index (χ0n) is 16.9. The van der Waals surface area contributed by atoms with Gasteiger partial charge in [0.25, 0.3) is 0 Å². The zero-order valence-corrected chi connectivity index (χ0v) is 19.1. The van der Waals surface area contributed by atoms with E-state index < -0.39 is 0 Å².